The van der Waals surface area contributed by atoms with Crippen molar-refractivity contribution in [2.75, 3.05) is 39.4 Å². The Morgan fingerprint density at radius 1 is 1.00 bits per heavy atom. The smallest absolute Gasteiger partial charge is 0.410 e. The van der Waals surface area contributed by atoms with Gasteiger partial charge in [0.15, 0.2) is 0 Å². The van der Waals surface area contributed by atoms with Gasteiger partial charge in [-0.1, -0.05) is 30.3 Å². The van der Waals surface area contributed by atoms with Crippen molar-refractivity contribution in [1.82, 2.24) is 10.2 Å². The van der Waals surface area contributed by atoms with E-state index in [9.17, 15) is 9.90 Å². The maximum absolute atomic E-state index is 11.7. The van der Waals surface area contributed by atoms with Gasteiger partial charge in [-0.15, -0.1) is 0 Å². The molecule has 0 aliphatic carbocycles. The number of hydrogen-bond acceptors (Lipinski definition) is 6. The van der Waals surface area contributed by atoms with Gasteiger partial charge in [0, 0.05) is 26.3 Å². The predicted octanol–water partition coefficient (Wildman–Crippen LogP) is 2.31. The summed E-state index contributed by atoms with van der Waals surface area (Å²) in [7, 11) is 0. The number of piperidine rings is 2. The van der Waals surface area contributed by atoms with Crippen molar-refractivity contribution >= 4 is 6.09 Å². The number of likely N-dealkylation sites (tertiary alicyclic amines) is 1. The molecule has 3 fully saturated rings. The van der Waals surface area contributed by atoms with E-state index >= 15 is 0 Å². The van der Waals surface area contributed by atoms with Crippen molar-refractivity contribution in [3.8, 4) is 0 Å². The number of hydrogen-bond donors (Lipinski definition) is 3. The van der Waals surface area contributed by atoms with Crippen molar-refractivity contribution in [1.29, 1.82) is 0 Å². The highest BCUT2D eigenvalue weighted by atomic mass is 16.6. The third kappa shape index (κ3) is 10.6. The molecule has 3 heterocycles. The Kier molecular flexibility index (Phi) is 11.7. The summed E-state index contributed by atoms with van der Waals surface area (Å²) in [5, 5.41) is 21.4. The van der Waals surface area contributed by atoms with E-state index in [1.54, 1.807) is 4.90 Å². The van der Waals surface area contributed by atoms with E-state index in [1.807, 2.05) is 30.3 Å². The molecular weight excluding hydrogens is 372 g/mol. The number of ether oxygens (including phenoxy) is 2. The zero-order chi connectivity index (χ0) is 20.7. The molecule has 1 aromatic rings. The molecule has 7 nitrogen and oxygen atoms in total. The zero-order valence-electron chi connectivity index (χ0n) is 17.3. The monoisotopic (exact) mass is 408 g/mol. The quantitative estimate of drug-likeness (QED) is 0.696. The number of carbonyl (C=O) groups excluding carboxylic acids is 1. The van der Waals surface area contributed by atoms with Crippen LogP contribution in [0.4, 0.5) is 4.79 Å². The van der Waals surface area contributed by atoms with Gasteiger partial charge in [-0.25, -0.2) is 4.79 Å². The summed E-state index contributed by atoms with van der Waals surface area (Å²) in [6.45, 7) is 5.44. The maximum Gasteiger partial charge on any atom is 0.410 e. The molecule has 1 amide bonds. The molecule has 0 radical (unpaired) electrons. The van der Waals surface area contributed by atoms with Crippen molar-refractivity contribution in [3.05, 3.63) is 35.9 Å². The third-order valence-electron chi connectivity index (χ3n) is 5.06. The molecule has 3 aliphatic heterocycles. The molecule has 1 aromatic carbocycles. The number of carbonyl (C=O) groups is 1. The van der Waals surface area contributed by atoms with Crippen molar-refractivity contribution in [2.45, 2.75) is 57.3 Å². The molecule has 0 aromatic heterocycles. The normalized spacial score (nSPS) is 20.1. The Morgan fingerprint density at radius 3 is 2.07 bits per heavy atom. The van der Waals surface area contributed by atoms with Crippen LogP contribution in [0, 0.1) is 0 Å². The van der Waals surface area contributed by atoms with Gasteiger partial charge in [-0.3, -0.25) is 0 Å². The van der Waals surface area contributed by atoms with E-state index in [0.29, 0.717) is 32.5 Å². The zero-order valence-corrected chi connectivity index (χ0v) is 17.3. The molecule has 0 bridgehead atoms. The van der Waals surface area contributed by atoms with Crippen molar-refractivity contribution < 1.29 is 24.5 Å². The lowest BCUT2D eigenvalue weighted by molar-refractivity contribution is 0.0560. The second-order valence-corrected chi connectivity index (χ2v) is 7.56. The highest BCUT2D eigenvalue weighted by Crippen LogP contribution is 2.12. The van der Waals surface area contributed by atoms with Crippen LogP contribution < -0.4 is 5.32 Å². The molecule has 3 aliphatic rings. The molecule has 164 valence electrons. The Hall–Kier alpha value is -1.67. The SMILES string of the molecule is C1CCOC1.O=C(OCc1ccccc1)N1CCC(O)CC1.OC1CCNCC1. The third-order valence-corrected chi connectivity index (χ3v) is 5.06. The fraction of sp³-hybridized carbons (Fsp3) is 0.682. The fourth-order valence-corrected chi connectivity index (χ4v) is 3.18. The number of nitrogens with one attached hydrogen (secondary N) is 1. The topological polar surface area (TPSA) is 91.3 Å². The van der Waals surface area contributed by atoms with Gasteiger partial charge in [-0.2, -0.15) is 0 Å². The molecule has 3 N–H and O–H groups in total. The van der Waals surface area contributed by atoms with Gasteiger partial charge in [0.25, 0.3) is 0 Å². The van der Waals surface area contributed by atoms with Crippen molar-refractivity contribution in [3.63, 3.8) is 0 Å². The molecule has 0 spiro atoms. The second kappa shape index (κ2) is 14.3. The van der Waals surface area contributed by atoms with E-state index in [4.69, 9.17) is 14.6 Å². The number of nitrogens with zero attached hydrogens (tertiary/aromatic N) is 1. The minimum atomic E-state index is -0.291. The van der Waals surface area contributed by atoms with Crippen LogP contribution in [-0.2, 0) is 16.1 Å². The number of benzene rings is 1. The van der Waals surface area contributed by atoms with Crippen LogP contribution in [0.5, 0.6) is 0 Å². The van der Waals surface area contributed by atoms with E-state index in [0.717, 1.165) is 44.7 Å². The maximum atomic E-state index is 11.7. The van der Waals surface area contributed by atoms with Gasteiger partial charge in [0.2, 0.25) is 0 Å². The Labute approximate surface area is 174 Å². The summed E-state index contributed by atoms with van der Waals surface area (Å²) in [6.07, 6.45) is 5.11. The standard InChI is InChI=1S/C13H17NO3.C5H11NO.C4H8O/c15-12-6-8-14(9-7-12)13(16)17-10-11-4-2-1-3-5-11;7-5-1-3-6-4-2-5;1-2-4-5-3-1/h1-5,12,15H,6-10H2;5-7H,1-4H2;1-4H2. The average Bonchev–Trinajstić information content (AvgIpc) is 3.35. The van der Waals surface area contributed by atoms with Crippen molar-refractivity contribution in [2.24, 2.45) is 0 Å². The number of aliphatic hydroxyl groups excluding tert-OH is 2. The van der Waals surface area contributed by atoms with Gasteiger partial charge < -0.3 is 29.9 Å². The summed E-state index contributed by atoms with van der Waals surface area (Å²) < 4.78 is 10.2. The summed E-state index contributed by atoms with van der Waals surface area (Å²) in [5.41, 5.74) is 0.984. The Bertz CT molecular complexity index is 532. The van der Waals surface area contributed by atoms with Crippen LogP contribution in [0.1, 0.15) is 44.1 Å². The summed E-state index contributed by atoms with van der Waals surface area (Å²) in [6, 6.07) is 9.61. The first-order valence-electron chi connectivity index (χ1n) is 10.8. The molecule has 0 saturated carbocycles. The van der Waals surface area contributed by atoms with Gasteiger partial charge in [0.05, 0.1) is 12.2 Å². The van der Waals surface area contributed by atoms with Crippen LogP contribution >= 0.6 is 0 Å². The predicted molar refractivity (Wildman–Crippen MR) is 112 cm³/mol. The molecule has 29 heavy (non-hydrogen) atoms. The highest BCUT2D eigenvalue weighted by molar-refractivity contribution is 5.67. The first-order valence-corrected chi connectivity index (χ1v) is 10.8. The van der Waals surface area contributed by atoms with E-state index < -0.39 is 0 Å². The average molecular weight is 409 g/mol. The number of amides is 1. The molecule has 7 heteroatoms. The van der Waals surface area contributed by atoms with E-state index in [1.165, 1.54) is 12.8 Å². The summed E-state index contributed by atoms with van der Waals surface area (Å²) >= 11 is 0. The second-order valence-electron chi connectivity index (χ2n) is 7.56. The number of aliphatic hydroxyl groups is 2. The van der Waals surface area contributed by atoms with Crippen LogP contribution in [-0.4, -0.2) is 72.8 Å². The molecule has 4 rings (SSSR count). The van der Waals surface area contributed by atoms with Crippen LogP contribution in [0.2, 0.25) is 0 Å². The van der Waals surface area contributed by atoms with E-state index in [2.05, 4.69) is 5.32 Å². The highest BCUT2D eigenvalue weighted by Gasteiger charge is 2.22. The van der Waals surface area contributed by atoms with Crippen LogP contribution in [0.15, 0.2) is 30.3 Å². The summed E-state index contributed by atoms with van der Waals surface area (Å²) in [4.78, 5) is 13.3. The van der Waals surface area contributed by atoms with Gasteiger partial charge in [0.1, 0.15) is 6.61 Å². The largest absolute Gasteiger partial charge is 0.445 e. The van der Waals surface area contributed by atoms with Crippen LogP contribution in [0.3, 0.4) is 0 Å². The lowest BCUT2D eigenvalue weighted by Crippen LogP contribution is -2.40. The molecule has 0 unspecified atom stereocenters. The lowest BCUT2D eigenvalue weighted by atomic mass is 10.1. The number of rotatable bonds is 2. The Balaban J connectivity index is 0.000000203. The van der Waals surface area contributed by atoms with E-state index in [-0.39, 0.29) is 18.3 Å². The first-order chi connectivity index (χ1) is 14.1. The van der Waals surface area contributed by atoms with Gasteiger partial charge >= 0.3 is 6.09 Å². The molecule has 3 saturated heterocycles. The summed E-state index contributed by atoms with van der Waals surface area (Å²) in [5.74, 6) is 0. The minimum Gasteiger partial charge on any atom is -0.445 e. The lowest BCUT2D eigenvalue weighted by Gasteiger charge is -2.28. The first kappa shape index (κ1) is 23.6. The van der Waals surface area contributed by atoms with Gasteiger partial charge in [-0.05, 0) is 57.2 Å². The fourth-order valence-electron chi connectivity index (χ4n) is 3.18. The van der Waals surface area contributed by atoms with Crippen LogP contribution in [0.25, 0.3) is 0 Å². The molecule has 0 atom stereocenters. The minimum absolute atomic E-state index is 0.0266. The Morgan fingerprint density at radius 2 is 1.59 bits per heavy atom. The molecular formula is C22H36N2O5.